The number of hydrogen-bond donors (Lipinski definition) is 4. The number of phenols is 2. The van der Waals surface area contributed by atoms with E-state index in [0.717, 1.165) is 18.2 Å². The minimum atomic E-state index is -4.30. The topological polar surface area (TPSA) is 195 Å². The maximum absolute atomic E-state index is 11.1. The molecule has 0 aliphatic rings. The average Bonchev–Trinajstić information content (AvgIpc) is 2.68. The Morgan fingerprint density at radius 2 is 0.879 bits per heavy atom. The van der Waals surface area contributed by atoms with Crippen LogP contribution in [-0.4, -0.2) is 36.2 Å². The van der Waals surface area contributed by atoms with Gasteiger partial charge in [0.2, 0.25) is 0 Å². The molecule has 0 unspecified atom stereocenters. The Kier molecular flexibility index (Phi) is 7.47. The predicted molar refractivity (Wildman–Crippen MR) is 110 cm³/mol. The summed E-state index contributed by atoms with van der Waals surface area (Å²) in [6.07, 6.45) is 0. The van der Waals surface area contributed by atoms with Crippen LogP contribution >= 0.6 is 0 Å². The quantitative estimate of drug-likeness (QED) is 0.166. The summed E-state index contributed by atoms with van der Waals surface area (Å²) in [5, 5.41) is 42.3. The predicted octanol–water partition coefficient (Wildman–Crippen LogP) is 1.73. The van der Waals surface area contributed by atoms with Crippen molar-refractivity contribution in [2.45, 2.75) is 9.79 Å². The van der Waals surface area contributed by atoms with E-state index in [-0.39, 0.29) is 37.8 Å². The van der Waals surface area contributed by atoms with Gasteiger partial charge in [-0.2, -0.15) is 16.8 Å². The minimum Gasteiger partial charge on any atom is -0.873 e. The summed E-state index contributed by atoms with van der Waals surface area (Å²) in [6.45, 7) is 0. The summed E-state index contributed by atoms with van der Waals surface area (Å²) in [6, 6.07) is 12.2. The monoisotopic (exact) mass is 536 g/mol. The van der Waals surface area contributed by atoms with Crippen molar-refractivity contribution < 1.29 is 62.9 Å². The Morgan fingerprint density at radius 3 is 1.30 bits per heavy atom. The number of fused-ring (bicyclic) bond motifs is 2. The molecule has 0 amide bonds. The van der Waals surface area contributed by atoms with Crippen LogP contribution in [0.25, 0.3) is 21.5 Å². The van der Waals surface area contributed by atoms with Crippen LogP contribution in [0.3, 0.4) is 0 Å². The van der Waals surface area contributed by atoms with E-state index in [1.807, 2.05) is 0 Å². The molecule has 0 saturated heterocycles. The molecule has 0 aliphatic heterocycles. The van der Waals surface area contributed by atoms with Gasteiger partial charge in [0, 0.05) is 0 Å². The van der Waals surface area contributed by atoms with Gasteiger partial charge in [-0.3, -0.25) is 9.11 Å². The molecule has 33 heavy (non-hydrogen) atoms. The fraction of sp³-hybridized carbons (Fsp3) is 0. The number of rotatable bonds is 2. The number of aromatic hydroxyl groups is 2. The molecule has 0 spiro atoms. The van der Waals surface area contributed by atoms with Crippen molar-refractivity contribution in [3.8, 4) is 23.0 Å². The van der Waals surface area contributed by atoms with E-state index in [4.69, 9.17) is 9.11 Å². The van der Waals surface area contributed by atoms with Gasteiger partial charge in [-0.1, -0.05) is 24.3 Å². The van der Waals surface area contributed by atoms with Crippen LogP contribution < -0.4 is 10.2 Å². The molecular formula is C20H14NiO10S2. The maximum atomic E-state index is 11.1. The first-order chi connectivity index (χ1) is 14.8. The van der Waals surface area contributed by atoms with Crippen molar-refractivity contribution in [2.24, 2.45) is 0 Å². The van der Waals surface area contributed by atoms with Crippen molar-refractivity contribution >= 4 is 41.8 Å². The second-order valence-electron chi connectivity index (χ2n) is 6.61. The molecule has 10 nitrogen and oxygen atoms in total. The Hall–Kier alpha value is -3.09. The van der Waals surface area contributed by atoms with Gasteiger partial charge in [0.1, 0.15) is 0 Å². The molecule has 4 aromatic carbocycles. The fourth-order valence-corrected chi connectivity index (χ4v) is 3.84. The molecule has 0 saturated carbocycles. The molecule has 4 aromatic rings. The first-order valence-electron chi connectivity index (χ1n) is 8.58. The summed E-state index contributed by atoms with van der Waals surface area (Å²) in [5.41, 5.74) is 0. The zero-order valence-corrected chi connectivity index (χ0v) is 18.8. The van der Waals surface area contributed by atoms with E-state index >= 15 is 0 Å². The van der Waals surface area contributed by atoms with E-state index in [9.17, 15) is 37.3 Å². The summed E-state index contributed by atoms with van der Waals surface area (Å²) >= 11 is 0. The number of phenolic OH excluding ortho intramolecular Hbond substituents is 2. The van der Waals surface area contributed by atoms with Gasteiger partial charge in [0.25, 0.3) is 20.2 Å². The van der Waals surface area contributed by atoms with Crippen LogP contribution in [0, 0.1) is 0 Å². The van der Waals surface area contributed by atoms with Crippen molar-refractivity contribution in [3.05, 3.63) is 60.7 Å². The largest absolute Gasteiger partial charge is 2.00 e. The normalized spacial score (nSPS) is 11.5. The molecule has 4 rings (SSSR count). The van der Waals surface area contributed by atoms with Gasteiger partial charge in [-0.15, -0.1) is 11.5 Å². The molecule has 4 N–H and O–H groups in total. The summed E-state index contributed by atoms with van der Waals surface area (Å²) in [7, 11) is -8.56. The molecule has 13 heteroatoms. The van der Waals surface area contributed by atoms with Crippen molar-refractivity contribution in [2.75, 3.05) is 0 Å². The molecular weight excluding hydrogens is 523 g/mol. The standard InChI is InChI=1S/2C10H8O5S.Ni/c2*11-9-4-6-1-2-8(16(13,14)15)3-7(6)5-10(9)12;/h2*1-5,11-12H,(H,13,14,15);/q;;+2/p-2. The molecule has 0 bridgehead atoms. The van der Waals surface area contributed by atoms with E-state index in [1.165, 1.54) is 42.5 Å². The molecule has 0 aliphatic carbocycles. The first kappa shape index (κ1) is 26.2. The zero-order valence-electron chi connectivity index (χ0n) is 16.1. The third-order valence-corrected chi connectivity index (χ3v) is 6.07. The van der Waals surface area contributed by atoms with Crippen LogP contribution in [0.4, 0.5) is 0 Å². The van der Waals surface area contributed by atoms with Gasteiger partial charge in [-0.05, 0) is 57.9 Å². The second kappa shape index (κ2) is 9.42. The van der Waals surface area contributed by atoms with Crippen molar-refractivity contribution in [1.29, 1.82) is 0 Å². The zero-order chi connectivity index (χ0) is 23.8. The van der Waals surface area contributed by atoms with Crippen molar-refractivity contribution in [1.82, 2.24) is 0 Å². The third kappa shape index (κ3) is 6.03. The smallest absolute Gasteiger partial charge is 0.873 e. The van der Waals surface area contributed by atoms with E-state index < -0.39 is 31.7 Å². The molecule has 0 fully saturated rings. The fourth-order valence-electron chi connectivity index (χ4n) is 2.81. The van der Waals surface area contributed by atoms with E-state index in [0.29, 0.717) is 21.5 Å². The van der Waals surface area contributed by atoms with Gasteiger partial charge < -0.3 is 20.4 Å². The maximum Gasteiger partial charge on any atom is 2.00 e. The van der Waals surface area contributed by atoms with Gasteiger partial charge >= 0.3 is 16.5 Å². The van der Waals surface area contributed by atoms with Crippen LogP contribution in [-0.2, 0) is 36.7 Å². The molecule has 0 heterocycles. The molecule has 0 radical (unpaired) electrons. The number of hydrogen-bond acceptors (Lipinski definition) is 8. The molecule has 0 aromatic heterocycles. The van der Waals surface area contributed by atoms with Crippen LogP contribution in [0.1, 0.15) is 0 Å². The minimum absolute atomic E-state index is 0. The average molecular weight is 537 g/mol. The molecule has 0 atom stereocenters. The Labute approximate surface area is 197 Å². The number of benzene rings is 4. The summed E-state index contributed by atoms with van der Waals surface area (Å²) in [4.78, 5) is -0.567. The molecule has 176 valence electrons. The van der Waals surface area contributed by atoms with Crippen LogP contribution in [0.5, 0.6) is 23.0 Å². The first-order valence-corrected chi connectivity index (χ1v) is 11.5. The van der Waals surface area contributed by atoms with Crippen LogP contribution in [0.15, 0.2) is 70.5 Å². The van der Waals surface area contributed by atoms with E-state index in [1.54, 1.807) is 0 Å². The SMILES string of the molecule is O=S(=O)(O)c1ccc2cc(O)c(O)cc2c1.O=S(=O)(O)c1ccc2cc([O-])c([O-])cc2c1.[Ni+2]. The summed E-state index contributed by atoms with van der Waals surface area (Å²) in [5.74, 6) is -1.99. The second-order valence-corrected chi connectivity index (χ2v) is 9.45. The third-order valence-electron chi connectivity index (χ3n) is 4.38. The Balaban J connectivity index is 0.000000227. The van der Waals surface area contributed by atoms with Gasteiger partial charge in [0.05, 0.1) is 9.79 Å². The van der Waals surface area contributed by atoms with Crippen molar-refractivity contribution in [3.63, 3.8) is 0 Å². The van der Waals surface area contributed by atoms with Crippen LogP contribution in [0.2, 0.25) is 0 Å². The van der Waals surface area contributed by atoms with E-state index in [2.05, 4.69) is 0 Å². The van der Waals surface area contributed by atoms with Gasteiger partial charge in [0.15, 0.2) is 11.5 Å². The Morgan fingerprint density at radius 1 is 0.545 bits per heavy atom. The Bertz CT molecular complexity index is 1450. The summed E-state index contributed by atoms with van der Waals surface area (Å²) < 4.78 is 61.1. The van der Waals surface area contributed by atoms with Gasteiger partial charge in [-0.25, -0.2) is 0 Å².